The van der Waals surface area contributed by atoms with Crippen LogP contribution < -0.4 is 20.2 Å². The SMILES string of the molecule is CCOc1cc(C=NNC(=O)C(=O)Nc2nnc(-c3ccccc3)s2)ccc1OC(=O)c1ccccc1. The largest absolute Gasteiger partial charge is 0.490 e. The van der Waals surface area contributed by atoms with E-state index < -0.39 is 17.8 Å². The van der Waals surface area contributed by atoms with Crippen LogP contribution in [0.5, 0.6) is 11.5 Å². The molecule has 10 nitrogen and oxygen atoms in total. The molecule has 2 amide bonds. The van der Waals surface area contributed by atoms with Crippen LogP contribution in [-0.4, -0.2) is 40.8 Å². The maximum Gasteiger partial charge on any atom is 0.343 e. The van der Waals surface area contributed by atoms with Gasteiger partial charge in [-0.1, -0.05) is 59.9 Å². The van der Waals surface area contributed by atoms with E-state index in [-0.39, 0.29) is 10.9 Å². The Hall–Kier alpha value is -4.90. The number of esters is 1. The Labute approximate surface area is 216 Å². The number of benzene rings is 3. The van der Waals surface area contributed by atoms with E-state index in [0.29, 0.717) is 28.5 Å². The molecule has 0 saturated carbocycles. The smallest absolute Gasteiger partial charge is 0.343 e. The van der Waals surface area contributed by atoms with Crippen molar-refractivity contribution in [2.24, 2.45) is 5.10 Å². The number of nitrogens with one attached hydrogen (secondary N) is 2. The molecule has 1 heterocycles. The van der Waals surface area contributed by atoms with Crippen molar-refractivity contribution in [3.05, 3.63) is 90.0 Å². The first-order valence-electron chi connectivity index (χ1n) is 11.1. The van der Waals surface area contributed by atoms with Crippen LogP contribution in [0.3, 0.4) is 0 Å². The van der Waals surface area contributed by atoms with Crippen LogP contribution in [0, 0.1) is 0 Å². The van der Waals surface area contributed by atoms with Gasteiger partial charge in [-0.25, -0.2) is 10.2 Å². The molecule has 0 bridgehead atoms. The van der Waals surface area contributed by atoms with Gasteiger partial charge in [0.1, 0.15) is 5.01 Å². The molecule has 2 N–H and O–H groups in total. The molecule has 0 atom stereocenters. The summed E-state index contributed by atoms with van der Waals surface area (Å²) in [6.07, 6.45) is 1.33. The van der Waals surface area contributed by atoms with Gasteiger partial charge in [0.05, 0.1) is 18.4 Å². The summed E-state index contributed by atoms with van der Waals surface area (Å²) in [6.45, 7) is 2.13. The van der Waals surface area contributed by atoms with Crippen molar-refractivity contribution in [2.45, 2.75) is 6.92 Å². The Kier molecular flexibility index (Phi) is 8.29. The van der Waals surface area contributed by atoms with Gasteiger partial charge < -0.3 is 9.47 Å². The van der Waals surface area contributed by atoms with Crippen molar-refractivity contribution >= 4 is 40.5 Å². The molecule has 37 heavy (non-hydrogen) atoms. The van der Waals surface area contributed by atoms with E-state index in [9.17, 15) is 14.4 Å². The minimum absolute atomic E-state index is 0.185. The second-order valence-corrected chi connectivity index (χ2v) is 8.30. The van der Waals surface area contributed by atoms with E-state index >= 15 is 0 Å². The highest BCUT2D eigenvalue weighted by Gasteiger charge is 2.16. The summed E-state index contributed by atoms with van der Waals surface area (Å²) in [5, 5.41) is 14.9. The number of carbonyl (C=O) groups excluding carboxylic acids is 3. The Morgan fingerprint density at radius 1 is 0.919 bits per heavy atom. The number of nitrogens with zero attached hydrogens (tertiary/aromatic N) is 3. The second kappa shape index (κ2) is 12.2. The van der Waals surface area contributed by atoms with Gasteiger partial charge in [0.25, 0.3) is 0 Å². The zero-order chi connectivity index (χ0) is 26.0. The Morgan fingerprint density at radius 2 is 1.65 bits per heavy atom. The van der Waals surface area contributed by atoms with Crippen molar-refractivity contribution in [3.8, 4) is 22.1 Å². The molecule has 0 saturated heterocycles. The van der Waals surface area contributed by atoms with Gasteiger partial charge in [0, 0.05) is 5.56 Å². The normalized spacial score (nSPS) is 10.6. The standard InChI is InChI=1S/C26H21N5O5S/c1-2-35-21-15-17(13-14-20(21)36-25(34)19-11-7-4-8-12-19)16-27-29-23(33)22(32)28-26-31-30-24(37-26)18-9-5-3-6-10-18/h3-16H,2H2,1H3,(H,29,33)(H,28,31,32). The molecule has 0 radical (unpaired) electrons. The number of hydrazone groups is 1. The topological polar surface area (TPSA) is 132 Å². The van der Waals surface area contributed by atoms with Gasteiger partial charge in [0.15, 0.2) is 11.5 Å². The summed E-state index contributed by atoms with van der Waals surface area (Å²) in [7, 11) is 0. The summed E-state index contributed by atoms with van der Waals surface area (Å²) >= 11 is 1.14. The van der Waals surface area contributed by atoms with Crippen LogP contribution in [0.25, 0.3) is 10.6 Å². The summed E-state index contributed by atoms with van der Waals surface area (Å²) in [5.74, 6) is -1.88. The third-order valence-electron chi connectivity index (χ3n) is 4.73. The van der Waals surface area contributed by atoms with Crippen LogP contribution in [0.15, 0.2) is 84.0 Å². The van der Waals surface area contributed by atoms with Crippen LogP contribution in [0.1, 0.15) is 22.8 Å². The molecule has 3 aromatic carbocycles. The van der Waals surface area contributed by atoms with Crippen molar-refractivity contribution in [2.75, 3.05) is 11.9 Å². The van der Waals surface area contributed by atoms with Gasteiger partial charge in [0.2, 0.25) is 5.13 Å². The molecule has 1 aromatic heterocycles. The lowest BCUT2D eigenvalue weighted by atomic mass is 10.2. The Balaban J connectivity index is 1.35. The van der Waals surface area contributed by atoms with Gasteiger partial charge >= 0.3 is 17.8 Å². The maximum atomic E-state index is 12.4. The molecule has 0 fully saturated rings. The van der Waals surface area contributed by atoms with Crippen molar-refractivity contribution in [1.82, 2.24) is 15.6 Å². The molecule has 11 heteroatoms. The zero-order valence-electron chi connectivity index (χ0n) is 19.6. The van der Waals surface area contributed by atoms with Crippen LogP contribution in [0.2, 0.25) is 0 Å². The van der Waals surface area contributed by atoms with E-state index in [1.807, 2.05) is 30.3 Å². The number of amides is 2. The van der Waals surface area contributed by atoms with E-state index in [1.54, 1.807) is 55.5 Å². The molecule has 0 aliphatic carbocycles. The van der Waals surface area contributed by atoms with E-state index in [2.05, 4.69) is 26.0 Å². The fourth-order valence-corrected chi connectivity index (χ4v) is 3.78. The highest BCUT2D eigenvalue weighted by molar-refractivity contribution is 7.18. The van der Waals surface area contributed by atoms with Crippen molar-refractivity contribution < 1.29 is 23.9 Å². The van der Waals surface area contributed by atoms with E-state index in [1.165, 1.54) is 6.21 Å². The first kappa shape index (κ1) is 25.2. The molecule has 0 aliphatic rings. The van der Waals surface area contributed by atoms with Gasteiger partial charge in [-0.05, 0) is 42.8 Å². The fraction of sp³-hybridized carbons (Fsp3) is 0.0769. The molecule has 0 aliphatic heterocycles. The molecular weight excluding hydrogens is 494 g/mol. The van der Waals surface area contributed by atoms with Crippen molar-refractivity contribution in [1.29, 1.82) is 0 Å². The third-order valence-corrected chi connectivity index (χ3v) is 5.62. The predicted octanol–water partition coefficient (Wildman–Crippen LogP) is 3.91. The molecular formula is C26H21N5O5S. The molecule has 186 valence electrons. The maximum absolute atomic E-state index is 12.4. The van der Waals surface area contributed by atoms with Crippen LogP contribution in [0.4, 0.5) is 5.13 Å². The summed E-state index contributed by atoms with van der Waals surface area (Å²) < 4.78 is 11.0. The number of anilines is 1. The molecule has 4 aromatic rings. The number of rotatable bonds is 8. The quantitative estimate of drug-likeness (QED) is 0.120. The monoisotopic (exact) mass is 515 g/mol. The lowest BCUT2D eigenvalue weighted by Gasteiger charge is -2.11. The van der Waals surface area contributed by atoms with Gasteiger partial charge in [-0.3, -0.25) is 14.9 Å². The van der Waals surface area contributed by atoms with E-state index in [4.69, 9.17) is 9.47 Å². The van der Waals surface area contributed by atoms with Gasteiger partial charge in [-0.15, -0.1) is 10.2 Å². The number of hydrogen-bond donors (Lipinski definition) is 2. The minimum Gasteiger partial charge on any atom is -0.490 e. The first-order chi connectivity index (χ1) is 18.0. The fourth-order valence-electron chi connectivity index (χ4n) is 3.03. The van der Waals surface area contributed by atoms with E-state index in [0.717, 1.165) is 16.9 Å². The Bertz CT molecular complexity index is 1420. The molecule has 0 spiro atoms. The van der Waals surface area contributed by atoms with Crippen molar-refractivity contribution in [3.63, 3.8) is 0 Å². The number of ether oxygens (including phenoxy) is 2. The van der Waals surface area contributed by atoms with Crippen LogP contribution in [-0.2, 0) is 9.59 Å². The lowest BCUT2D eigenvalue weighted by molar-refractivity contribution is -0.136. The lowest BCUT2D eigenvalue weighted by Crippen LogP contribution is -2.32. The summed E-state index contributed by atoms with van der Waals surface area (Å²) in [4.78, 5) is 36.7. The molecule has 0 unspecified atom stereocenters. The Morgan fingerprint density at radius 3 is 2.38 bits per heavy atom. The van der Waals surface area contributed by atoms with Crippen LogP contribution >= 0.6 is 11.3 Å². The summed E-state index contributed by atoms with van der Waals surface area (Å²) in [5.41, 5.74) is 3.95. The average Bonchev–Trinajstić information content (AvgIpc) is 3.39. The number of aromatic nitrogens is 2. The highest BCUT2D eigenvalue weighted by atomic mass is 32.1. The first-order valence-corrected chi connectivity index (χ1v) is 11.9. The zero-order valence-corrected chi connectivity index (χ0v) is 20.4. The summed E-state index contributed by atoms with van der Waals surface area (Å²) in [6, 6.07) is 22.7. The molecule has 4 rings (SSSR count). The number of hydrogen-bond acceptors (Lipinski definition) is 9. The number of carbonyl (C=O) groups is 3. The minimum atomic E-state index is -0.980. The highest BCUT2D eigenvalue weighted by Crippen LogP contribution is 2.29. The third kappa shape index (κ3) is 6.83. The predicted molar refractivity (Wildman–Crippen MR) is 139 cm³/mol. The van der Waals surface area contributed by atoms with Gasteiger partial charge in [-0.2, -0.15) is 5.10 Å². The average molecular weight is 516 g/mol. The second-order valence-electron chi connectivity index (χ2n) is 7.33.